The van der Waals surface area contributed by atoms with E-state index in [0.29, 0.717) is 0 Å². The molecular weight excluding hydrogens is 248 g/mol. The van der Waals surface area contributed by atoms with E-state index in [1.54, 1.807) is 0 Å². The van der Waals surface area contributed by atoms with E-state index in [9.17, 15) is 0 Å². The van der Waals surface area contributed by atoms with Crippen molar-refractivity contribution in [3.8, 4) is 11.5 Å². The van der Waals surface area contributed by atoms with Crippen molar-refractivity contribution in [1.29, 1.82) is 0 Å². The minimum Gasteiger partial charge on any atom is -0.454 e. The Labute approximate surface area is 90.8 Å². The van der Waals surface area contributed by atoms with Crippen LogP contribution in [0.2, 0.25) is 0 Å². The van der Waals surface area contributed by atoms with Gasteiger partial charge in [-0.25, -0.2) is 0 Å². The Morgan fingerprint density at radius 1 is 1.36 bits per heavy atom. The summed E-state index contributed by atoms with van der Waals surface area (Å²) in [4.78, 5) is 0. The predicted molar refractivity (Wildman–Crippen MR) is 55.7 cm³/mol. The number of aryl methyl sites for hydroxylation is 1. The summed E-state index contributed by atoms with van der Waals surface area (Å²) in [5, 5.41) is 8.76. The Morgan fingerprint density at radius 3 is 3.00 bits per heavy atom. The number of hydrogen-bond donors (Lipinski definition) is 1. The van der Waals surface area contributed by atoms with Gasteiger partial charge in [-0.15, -0.1) is 0 Å². The molecule has 2 rings (SSSR count). The third-order valence-electron chi connectivity index (χ3n) is 2.12. The lowest BCUT2D eigenvalue weighted by Gasteiger charge is -2.05. The van der Waals surface area contributed by atoms with E-state index in [1.165, 1.54) is 0 Å². The maximum Gasteiger partial charge on any atom is 0.231 e. The maximum atomic E-state index is 8.76. The fourth-order valence-corrected chi connectivity index (χ4v) is 1.99. The van der Waals surface area contributed by atoms with E-state index in [2.05, 4.69) is 15.9 Å². The van der Waals surface area contributed by atoms with Crippen molar-refractivity contribution in [2.45, 2.75) is 12.8 Å². The number of ether oxygens (including phenoxy) is 2. The highest BCUT2D eigenvalue weighted by Crippen LogP contribution is 2.38. The highest BCUT2D eigenvalue weighted by molar-refractivity contribution is 9.10. The van der Waals surface area contributed by atoms with Crippen molar-refractivity contribution in [3.05, 3.63) is 22.2 Å². The Hall–Kier alpha value is -0.740. The van der Waals surface area contributed by atoms with Crippen LogP contribution in [0.1, 0.15) is 12.0 Å². The van der Waals surface area contributed by atoms with Crippen molar-refractivity contribution in [2.75, 3.05) is 13.4 Å². The summed E-state index contributed by atoms with van der Waals surface area (Å²) in [6.45, 7) is 0.486. The molecule has 1 heterocycles. The minimum absolute atomic E-state index is 0.197. The number of rotatable bonds is 3. The van der Waals surface area contributed by atoms with E-state index in [1.807, 2.05) is 12.1 Å². The molecule has 0 aromatic heterocycles. The van der Waals surface area contributed by atoms with Crippen molar-refractivity contribution >= 4 is 15.9 Å². The molecule has 0 fully saturated rings. The zero-order valence-corrected chi connectivity index (χ0v) is 9.21. The highest BCUT2D eigenvalue weighted by atomic mass is 79.9. The second-order valence-corrected chi connectivity index (χ2v) is 4.04. The van der Waals surface area contributed by atoms with Gasteiger partial charge < -0.3 is 14.6 Å². The lowest BCUT2D eigenvalue weighted by molar-refractivity contribution is 0.173. The smallest absolute Gasteiger partial charge is 0.231 e. The van der Waals surface area contributed by atoms with Gasteiger partial charge in [-0.2, -0.15) is 0 Å². The number of aliphatic hydroxyl groups is 1. The number of fused-ring (bicyclic) bond motifs is 1. The van der Waals surface area contributed by atoms with Gasteiger partial charge in [0.15, 0.2) is 11.5 Å². The summed E-state index contributed by atoms with van der Waals surface area (Å²) in [5.74, 6) is 1.61. The topological polar surface area (TPSA) is 38.7 Å². The van der Waals surface area contributed by atoms with Crippen LogP contribution in [-0.2, 0) is 6.42 Å². The van der Waals surface area contributed by atoms with Gasteiger partial charge >= 0.3 is 0 Å². The molecule has 3 nitrogen and oxygen atoms in total. The molecule has 1 aromatic rings. The molecule has 1 N–H and O–H groups in total. The first kappa shape index (κ1) is 9.80. The van der Waals surface area contributed by atoms with Gasteiger partial charge in [0.1, 0.15) is 0 Å². The number of aliphatic hydroxyl groups excluding tert-OH is 1. The summed E-state index contributed by atoms with van der Waals surface area (Å²) in [5.41, 5.74) is 1.08. The largest absolute Gasteiger partial charge is 0.454 e. The summed E-state index contributed by atoms with van der Waals surface area (Å²) in [7, 11) is 0. The predicted octanol–water partition coefficient (Wildman–Crippen LogP) is 2.10. The molecule has 0 bridgehead atoms. The SMILES string of the molecule is OCCCc1cc(Br)cc2c1OCO2. The average Bonchev–Trinajstić information content (AvgIpc) is 2.61. The van der Waals surface area contributed by atoms with Crippen molar-refractivity contribution in [3.63, 3.8) is 0 Å². The molecule has 1 aliphatic heterocycles. The fraction of sp³-hybridized carbons (Fsp3) is 0.400. The Bertz CT molecular complexity index is 338. The van der Waals surface area contributed by atoms with Gasteiger partial charge in [0.05, 0.1) is 0 Å². The quantitative estimate of drug-likeness (QED) is 0.903. The van der Waals surface area contributed by atoms with Crippen LogP contribution in [0.5, 0.6) is 11.5 Å². The lowest BCUT2D eigenvalue weighted by atomic mass is 10.1. The molecule has 0 saturated heterocycles. The molecule has 0 unspecified atom stereocenters. The highest BCUT2D eigenvalue weighted by Gasteiger charge is 2.18. The van der Waals surface area contributed by atoms with Crippen molar-refractivity contribution in [2.24, 2.45) is 0 Å². The summed E-state index contributed by atoms with van der Waals surface area (Å²) in [6, 6.07) is 3.90. The van der Waals surface area contributed by atoms with Crippen LogP contribution >= 0.6 is 15.9 Å². The van der Waals surface area contributed by atoms with Gasteiger partial charge in [0.25, 0.3) is 0 Å². The Balaban J connectivity index is 2.29. The van der Waals surface area contributed by atoms with Crippen LogP contribution in [0, 0.1) is 0 Å². The van der Waals surface area contributed by atoms with Crippen LogP contribution in [0.15, 0.2) is 16.6 Å². The maximum absolute atomic E-state index is 8.76. The first-order valence-electron chi connectivity index (χ1n) is 4.50. The van der Waals surface area contributed by atoms with Gasteiger partial charge in [-0.05, 0) is 30.5 Å². The minimum atomic E-state index is 0.197. The number of hydrogen-bond acceptors (Lipinski definition) is 3. The van der Waals surface area contributed by atoms with E-state index >= 15 is 0 Å². The van der Waals surface area contributed by atoms with E-state index in [4.69, 9.17) is 14.6 Å². The van der Waals surface area contributed by atoms with Crippen LogP contribution in [0.25, 0.3) is 0 Å². The van der Waals surface area contributed by atoms with Gasteiger partial charge in [0, 0.05) is 11.1 Å². The molecule has 0 radical (unpaired) electrons. The normalized spacial score (nSPS) is 13.3. The second-order valence-electron chi connectivity index (χ2n) is 3.13. The lowest BCUT2D eigenvalue weighted by Crippen LogP contribution is -1.95. The third kappa shape index (κ3) is 1.86. The molecule has 0 amide bonds. The number of benzene rings is 1. The molecule has 0 atom stereocenters. The first-order valence-corrected chi connectivity index (χ1v) is 5.29. The van der Waals surface area contributed by atoms with Gasteiger partial charge in [0.2, 0.25) is 6.79 Å². The van der Waals surface area contributed by atoms with Crippen molar-refractivity contribution in [1.82, 2.24) is 0 Å². The van der Waals surface area contributed by atoms with Crippen LogP contribution in [0.3, 0.4) is 0 Å². The fourth-order valence-electron chi connectivity index (χ4n) is 1.50. The average molecular weight is 259 g/mol. The monoisotopic (exact) mass is 258 g/mol. The molecule has 1 aromatic carbocycles. The summed E-state index contributed by atoms with van der Waals surface area (Å²) < 4.78 is 11.6. The van der Waals surface area contributed by atoms with E-state index < -0.39 is 0 Å². The molecule has 76 valence electrons. The van der Waals surface area contributed by atoms with Gasteiger partial charge in [-0.3, -0.25) is 0 Å². The Kier molecular flexibility index (Phi) is 2.93. The molecule has 0 saturated carbocycles. The molecular formula is C10H11BrO3. The molecule has 14 heavy (non-hydrogen) atoms. The molecule has 0 aliphatic carbocycles. The van der Waals surface area contributed by atoms with Crippen LogP contribution < -0.4 is 9.47 Å². The van der Waals surface area contributed by atoms with E-state index in [0.717, 1.165) is 34.4 Å². The third-order valence-corrected chi connectivity index (χ3v) is 2.58. The summed E-state index contributed by atoms with van der Waals surface area (Å²) in [6.07, 6.45) is 1.55. The van der Waals surface area contributed by atoms with Gasteiger partial charge in [-0.1, -0.05) is 15.9 Å². The first-order chi connectivity index (χ1) is 6.81. The molecule has 1 aliphatic rings. The van der Waals surface area contributed by atoms with Crippen LogP contribution in [0.4, 0.5) is 0 Å². The van der Waals surface area contributed by atoms with Crippen LogP contribution in [-0.4, -0.2) is 18.5 Å². The van der Waals surface area contributed by atoms with Crippen molar-refractivity contribution < 1.29 is 14.6 Å². The second kappa shape index (κ2) is 4.19. The zero-order valence-electron chi connectivity index (χ0n) is 7.62. The number of halogens is 1. The summed E-state index contributed by atoms with van der Waals surface area (Å²) >= 11 is 3.41. The zero-order chi connectivity index (χ0) is 9.97. The molecule has 0 spiro atoms. The Morgan fingerprint density at radius 2 is 2.21 bits per heavy atom. The standard InChI is InChI=1S/C10H11BrO3/c11-8-4-7(2-1-3-12)10-9(5-8)13-6-14-10/h4-5,12H,1-3,6H2. The van der Waals surface area contributed by atoms with E-state index in [-0.39, 0.29) is 13.4 Å². The molecule has 4 heteroatoms.